The summed E-state index contributed by atoms with van der Waals surface area (Å²) in [7, 11) is 0. The molecule has 0 saturated carbocycles. The average molecular weight is 429 g/mol. The van der Waals surface area contributed by atoms with Gasteiger partial charge in [-0.1, -0.05) is 18.2 Å². The van der Waals surface area contributed by atoms with E-state index in [0.717, 1.165) is 64.6 Å². The molecule has 2 heterocycles. The van der Waals surface area contributed by atoms with Crippen LogP contribution in [-0.2, 0) is 4.79 Å². The number of aliphatic imine (C=N–C) groups is 1. The fourth-order valence-corrected chi connectivity index (χ4v) is 4.13. The Kier molecular flexibility index (Phi) is 8.70. The first-order valence-electron chi connectivity index (χ1n) is 11.5. The van der Waals surface area contributed by atoms with Crippen LogP contribution in [0.1, 0.15) is 37.0 Å². The lowest BCUT2D eigenvalue weighted by Crippen LogP contribution is -2.57. The average Bonchev–Trinajstić information content (AvgIpc) is 3.36. The highest BCUT2D eigenvalue weighted by molar-refractivity contribution is 5.94. The van der Waals surface area contributed by atoms with Crippen molar-refractivity contribution in [2.75, 3.05) is 58.9 Å². The van der Waals surface area contributed by atoms with Crippen molar-refractivity contribution in [2.24, 2.45) is 4.99 Å². The summed E-state index contributed by atoms with van der Waals surface area (Å²) in [5, 5.41) is 6.27. The molecule has 0 radical (unpaired) electrons. The van der Waals surface area contributed by atoms with Crippen molar-refractivity contribution in [2.45, 2.75) is 32.7 Å². The third kappa shape index (κ3) is 6.43. The second-order valence-electron chi connectivity index (χ2n) is 8.09. The minimum Gasteiger partial charge on any atom is -0.357 e. The predicted octanol–water partition coefficient (Wildman–Crippen LogP) is 1.01. The number of benzene rings is 1. The van der Waals surface area contributed by atoms with Gasteiger partial charge in [-0.05, 0) is 38.8 Å². The standard InChI is InChI=1S/C23H36N6O2/c1-3-24-23(26-12-11-25-21(30)20-9-5-4-6-10-20)29-17-15-27(16-18-29)19(2)22(31)28-13-7-8-14-28/h4-6,9-10,19H,3,7-8,11-18H2,1-2H3,(H,24,26)(H,25,30). The minimum atomic E-state index is -0.0777. The Morgan fingerprint density at radius 1 is 0.968 bits per heavy atom. The summed E-state index contributed by atoms with van der Waals surface area (Å²) in [6.07, 6.45) is 2.25. The van der Waals surface area contributed by atoms with Crippen molar-refractivity contribution in [3.63, 3.8) is 0 Å². The summed E-state index contributed by atoms with van der Waals surface area (Å²) >= 11 is 0. The van der Waals surface area contributed by atoms with E-state index >= 15 is 0 Å². The molecule has 2 N–H and O–H groups in total. The molecule has 1 aromatic rings. The second-order valence-corrected chi connectivity index (χ2v) is 8.09. The number of nitrogens with zero attached hydrogens (tertiary/aromatic N) is 4. The lowest BCUT2D eigenvalue weighted by molar-refractivity contribution is -0.135. The van der Waals surface area contributed by atoms with E-state index in [0.29, 0.717) is 18.7 Å². The van der Waals surface area contributed by atoms with Gasteiger partial charge in [-0.15, -0.1) is 0 Å². The van der Waals surface area contributed by atoms with Gasteiger partial charge >= 0.3 is 0 Å². The number of hydrogen-bond acceptors (Lipinski definition) is 4. The monoisotopic (exact) mass is 428 g/mol. The molecule has 0 aliphatic carbocycles. The Morgan fingerprint density at radius 2 is 1.65 bits per heavy atom. The maximum absolute atomic E-state index is 12.7. The Morgan fingerprint density at radius 3 is 2.29 bits per heavy atom. The zero-order valence-corrected chi connectivity index (χ0v) is 18.8. The molecule has 1 aromatic carbocycles. The van der Waals surface area contributed by atoms with Gasteiger partial charge in [-0.3, -0.25) is 19.5 Å². The largest absolute Gasteiger partial charge is 0.357 e. The van der Waals surface area contributed by atoms with Crippen molar-refractivity contribution in [3.05, 3.63) is 35.9 Å². The van der Waals surface area contributed by atoms with Crippen LogP contribution in [0.4, 0.5) is 0 Å². The van der Waals surface area contributed by atoms with Gasteiger partial charge in [0.05, 0.1) is 12.6 Å². The molecule has 2 fully saturated rings. The maximum atomic E-state index is 12.7. The van der Waals surface area contributed by atoms with Crippen LogP contribution < -0.4 is 10.6 Å². The number of likely N-dealkylation sites (tertiary alicyclic amines) is 1. The molecule has 2 aliphatic heterocycles. The normalized spacial score (nSPS) is 18.7. The molecule has 2 aliphatic rings. The molecule has 170 valence electrons. The van der Waals surface area contributed by atoms with E-state index in [9.17, 15) is 9.59 Å². The van der Waals surface area contributed by atoms with E-state index in [1.54, 1.807) is 12.1 Å². The Balaban J connectivity index is 1.45. The fourth-order valence-electron chi connectivity index (χ4n) is 4.13. The molecule has 2 amide bonds. The van der Waals surface area contributed by atoms with Crippen molar-refractivity contribution in [1.82, 2.24) is 25.3 Å². The first-order chi connectivity index (χ1) is 15.1. The van der Waals surface area contributed by atoms with E-state index in [2.05, 4.69) is 27.4 Å². The van der Waals surface area contributed by atoms with Gasteiger partial charge in [0, 0.05) is 57.9 Å². The summed E-state index contributed by atoms with van der Waals surface area (Å²) in [4.78, 5) is 36.1. The molecule has 1 unspecified atom stereocenters. The van der Waals surface area contributed by atoms with Gasteiger partial charge in [-0.2, -0.15) is 0 Å². The van der Waals surface area contributed by atoms with Crippen molar-refractivity contribution >= 4 is 17.8 Å². The zero-order chi connectivity index (χ0) is 22.1. The lowest BCUT2D eigenvalue weighted by Gasteiger charge is -2.39. The van der Waals surface area contributed by atoms with Crippen molar-refractivity contribution < 1.29 is 9.59 Å². The Hall–Kier alpha value is -2.61. The molecule has 8 nitrogen and oxygen atoms in total. The molecule has 2 saturated heterocycles. The van der Waals surface area contributed by atoms with Crippen LogP contribution >= 0.6 is 0 Å². The number of carbonyl (C=O) groups is 2. The van der Waals surface area contributed by atoms with Crippen LogP contribution in [-0.4, -0.2) is 97.4 Å². The summed E-state index contributed by atoms with van der Waals surface area (Å²) in [5.41, 5.74) is 0.659. The lowest BCUT2D eigenvalue weighted by atomic mass is 10.2. The van der Waals surface area contributed by atoms with E-state index < -0.39 is 0 Å². The van der Waals surface area contributed by atoms with E-state index in [4.69, 9.17) is 4.99 Å². The summed E-state index contributed by atoms with van der Waals surface area (Å²) < 4.78 is 0. The van der Waals surface area contributed by atoms with Gasteiger partial charge in [-0.25, -0.2) is 0 Å². The van der Waals surface area contributed by atoms with Crippen LogP contribution in [0.15, 0.2) is 35.3 Å². The highest BCUT2D eigenvalue weighted by atomic mass is 16.2. The van der Waals surface area contributed by atoms with Gasteiger partial charge in [0.1, 0.15) is 0 Å². The third-order valence-corrected chi connectivity index (χ3v) is 5.97. The van der Waals surface area contributed by atoms with Crippen LogP contribution in [0.2, 0.25) is 0 Å². The topological polar surface area (TPSA) is 80.3 Å². The zero-order valence-electron chi connectivity index (χ0n) is 18.8. The van der Waals surface area contributed by atoms with Gasteiger partial charge in [0.2, 0.25) is 5.91 Å². The SMILES string of the molecule is CCNC(=NCCNC(=O)c1ccccc1)N1CCN(C(C)C(=O)N2CCCC2)CC1. The van der Waals surface area contributed by atoms with Crippen LogP contribution in [0.5, 0.6) is 0 Å². The number of piperazine rings is 1. The summed E-state index contributed by atoms with van der Waals surface area (Å²) in [5.74, 6) is 1.06. The first-order valence-corrected chi connectivity index (χ1v) is 11.5. The highest BCUT2D eigenvalue weighted by Crippen LogP contribution is 2.14. The molecular formula is C23H36N6O2. The molecular weight excluding hydrogens is 392 g/mol. The van der Waals surface area contributed by atoms with Crippen molar-refractivity contribution in [3.8, 4) is 0 Å². The maximum Gasteiger partial charge on any atom is 0.251 e. The number of rotatable bonds is 7. The molecule has 0 aromatic heterocycles. The number of hydrogen-bond donors (Lipinski definition) is 2. The van der Waals surface area contributed by atoms with E-state index in [1.807, 2.05) is 30.0 Å². The van der Waals surface area contributed by atoms with Crippen LogP contribution in [0, 0.1) is 0 Å². The van der Waals surface area contributed by atoms with Crippen molar-refractivity contribution in [1.29, 1.82) is 0 Å². The number of amides is 2. The smallest absolute Gasteiger partial charge is 0.251 e. The Bertz CT molecular complexity index is 740. The number of carbonyl (C=O) groups excluding carboxylic acids is 2. The van der Waals surface area contributed by atoms with E-state index in [1.165, 1.54) is 0 Å². The summed E-state index contributed by atoms with van der Waals surface area (Å²) in [6, 6.07) is 9.15. The highest BCUT2D eigenvalue weighted by Gasteiger charge is 2.30. The number of guanidine groups is 1. The molecule has 31 heavy (non-hydrogen) atoms. The third-order valence-electron chi connectivity index (χ3n) is 5.97. The van der Waals surface area contributed by atoms with Gasteiger partial charge in [0.25, 0.3) is 5.91 Å². The molecule has 0 bridgehead atoms. The van der Waals surface area contributed by atoms with Crippen LogP contribution in [0.3, 0.4) is 0 Å². The molecule has 1 atom stereocenters. The fraction of sp³-hybridized carbons (Fsp3) is 0.609. The van der Waals surface area contributed by atoms with E-state index in [-0.39, 0.29) is 17.9 Å². The summed E-state index contributed by atoms with van der Waals surface area (Å²) in [6.45, 7) is 11.0. The molecule has 0 spiro atoms. The minimum absolute atomic E-state index is 0.0621. The predicted molar refractivity (Wildman–Crippen MR) is 123 cm³/mol. The number of nitrogens with one attached hydrogen (secondary N) is 2. The second kappa shape index (κ2) is 11.7. The van der Waals surface area contributed by atoms with Gasteiger partial charge in [0.15, 0.2) is 5.96 Å². The molecule has 8 heteroatoms. The van der Waals surface area contributed by atoms with Crippen LogP contribution in [0.25, 0.3) is 0 Å². The molecule has 3 rings (SSSR count). The van der Waals surface area contributed by atoms with Gasteiger partial charge < -0.3 is 20.4 Å². The first kappa shape index (κ1) is 23.1. The Labute approximate surface area is 185 Å². The quantitative estimate of drug-likeness (QED) is 0.385.